The molecule has 0 fully saturated rings. The number of hydrogen-bond acceptors (Lipinski definition) is 5. The number of anilines is 2. The summed E-state index contributed by atoms with van der Waals surface area (Å²) in [6, 6.07) is 14.1. The average Bonchev–Trinajstić information content (AvgIpc) is 3.31. The first kappa shape index (κ1) is 28.4. The number of nitrogens with one attached hydrogen (secondary N) is 1. The number of alkyl halides is 3. The summed E-state index contributed by atoms with van der Waals surface area (Å²) in [5.41, 5.74) is -1.22. The van der Waals surface area contributed by atoms with Crippen LogP contribution in [0.2, 0.25) is 0 Å². The third-order valence-corrected chi connectivity index (χ3v) is 6.80. The van der Waals surface area contributed by atoms with Crippen LogP contribution in [0.25, 0.3) is 10.9 Å². The molecule has 6 nitrogen and oxygen atoms in total. The highest BCUT2D eigenvalue weighted by atomic mass is 19.4. The molecule has 0 radical (unpaired) electrons. The molecule has 0 aliphatic heterocycles. The number of aryl methyl sites for hydroxylation is 2. The van der Waals surface area contributed by atoms with Gasteiger partial charge in [-0.1, -0.05) is 26.0 Å². The van der Waals surface area contributed by atoms with Crippen LogP contribution in [0.5, 0.6) is 5.75 Å². The van der Waals surface area contributed by atoms with E-state index in [1.165, 1.54) is 38.1 Å². The quantitative estimate of drug-likeness (QED) is 0.134. The largest absolute Gasteiger partial charge is 0.418 e. The molecule has 3 aromatic carbocycles. The van der Waals surface area contributed by atoms with Gasteiger partial charge in [-0.2, -0.15) is 23.2 Å². The maximum Gasteiger partial charge on any atom is 0.418 e. The third-order valence-electron chi connectivity index (χ3n) is 6.80. The Hall–Kier alpha value is -3.63. The molecule has 1 unspecified atom stereocenters. The van der Waals surface area contributed by atoms with Crippen molar-refractivity contribution in [3.8, 4) is 5.75 Å². The predicted octanol–water partition coefficient (Wildman–Crippen LogP) is 7.06. The molecule has 10 heteroatoms. The fourth-order valence-electron chi connectivity index (χ4n) is 5.14. The molecule has 4 rings (SSSR count). The summed E-state index contributed by atoms with van der Waals surface area (Å²) >= 11 is 0. The Morgan fingerprint density at radius 3 is 2.33 bits per heavy atom. The summed E-state index contributed by atoms with van der Waals surface area (Å²) in [6.45, 7) is 5.88. The van der Waals surface area contributed by atoms with Crippen molar-refractivity contribution in [2.45, 2.75) is 51.3 Å². The van der Waals surface area contributed by atoms with Crippen LogP contribution < -0.4 is 9.79 Å². The monoisotopic (exact) mass is 545 g/mol. The second kappa shape index (κ2) is 10.5. The molecule has 0 amide bonds. The van der Waals surface area contributed by atoms with E-state index in [1.54, 1.807) is 30.3 Å². The van der Waals surface area contributed by atoms with Crippen molar-refractivity contribution in [1.29, 1.82) is 0 Å². The highest BCUT2D eigenvalue weighted by Gasteiger charge is 2.57. The number of rotatable bonds is 9. The van der Waals surface area contributed by atoms with E-state index in [2.05, 4.69) is 10.2 Å². The van der Waals surface area contributed by atoms with Crippen molar-refractivity contribution in [2.24, 2.45) is 0 Å². The van der Waals surface area contributed by atoms with Gasteiger partial charge < -0.3 is 14.9 Å². The van der Waals surface area contributed by atoms with Gasteiger partial charge in [0.2, 0.25) is 0 Å². The molecular formula is C29H31F4N3O3. The van der Waals surface area contributed by atoms with Crippen LogP contribution >= 0.6 is 0 Å². The normalized spacial score (nSPS) is 13.9. The lowest BCUT2D eigenvalue weighted by Gasteiger charge is -2.41. The first-order chi connectivity index (χ1) is 18.2. The second-order valence-electron chi connectivity index (χ2n) is 10.5. The summed E-state index contributed by atoms with van der Waals surface area (Å²) in [6.07, 6.45) is -4.30. The molecule has 0 aliphatic carbocycles. The molecule has 39 heavy (non-hydrogen) atoms. The van der Waals surface area contributed by atoms with Gasteiger partial charge in [-0.15, -0.1) is 0 Å². The number of aliphatic hydroxyl groups is 1. The Balaban J connectivity index is 1.85. The maximum atomic E-state index is 14.9. The fourth-order valence-corrected chi connectivity index (χ4v) is 5.14. The van der Waals surface area contributed by atoms with Gasteiger partial charge in [-0.25, -0.2) is 4.39 Å². The Morgan fingerprint density at radius 1 is 1.00 bits per heavy atom. The SMILES string of the molecule is COOc1ccc(F)cc1C(C)(C)CC(O)(CN(c1cc(C)cc(C)c1)c1cccc2[nH]ncc12)C(F)(F)F. The van der Waals surface area contributed by atoms with Gasteiger partial charge in [0.1, 0.15) is 5.82 Å². The zero-order valence-corrected chi connectivity index (χ0v) is 22.4. The van der Waals surface area contributed by atoms with Crippen molar-refractivity contribution >= 4 is 22.3 Å². The van der Waals surface area contributed by atoms with E-state index in [9.17, 15) is 22.7 Å². The highest BCUT2D eigenvalue weighted by Crippen LogP contribution is 2.46. The number of hydrogen-bond donors (Lipinski definition) is 2. The van der Waals surface area contributed by atoms with Gasteiger partial charge in [-0.3, -0.25) is 5.10 Å². The minimum absolute atomic E-state index is 0.0581. The van der Waals surface area contributed by atoms with E-state index >= 15 is 0 Å². The third kappa shape index (κ3) is 5.86. The van der Waals surface area contributed by atoms with Crippen LogP contribution in [-0.4, -0.2) is 40.7 Å². The minimum Gasteiger partial charge on any atom is -0.379 e. The standard InChI is InChI=1S/C29H31F4N3O3/c1-18-11-19(2)13-21(12-18)36(25-8-6-7-24-22(25)15-34-35-24)17-28(37,29(31,32)33)16-27(3,4)23-14-20(30)9-10-26(23)39-38-5/h6-15,37H,16-17H2,1-5H3,(H,34,35). The van der Waals surface area contributed by atoms with E-state index in [4.69, 9.17) is 9.78 Å². The number of nitrogens with zero attached hydrogens (tertiary/aromatic N) is 2. The van der Waals surface area contributed by atoms with Gasteiger partial charge in [0.05, 0.1) is 31.1 Å². The van der Waals surface area contributed by atoms with Crippen LogP contribution in [0.4, 0.5) is 28.9 Å². The summed E-state index contributed by atoms with van der Waals surface area (Å²) in [5, 5.41) is 19.0. The van der Waals surface area contributed by atoms with Crippen molar-refractivity contribution < 1.29 is 32.4 Å². The number of fused-ring (bicyclic) bond motifs is 1. The summed E-state index contributed by atoms with van der Waals surface area (Å²) in [7, 11) is 1.24. The van der Waals surface area contributed by atoms with E-state index < -0.39 is 36.0 Å². The van der Waals surface area contributed by atoms with Gasteiger partial charge in [0.15, 0.2) is 11.4 Å². The number of aromatic nitrogens is 2. The maximum absolute atomic E-state index is 14.9. The van der Waals surface area contributed by atoms with Gasteiger partial charge >= 0.3 is 6.18 Å². The van der Waals surface area contributed by atoms with E-state index in [-0.39, 0.29) is 11.3 Å². The lowest BCUT2D eigenvalue weighted by molar-refractivity contribution is -0.262. The van der Waals surface area contributed by atoms with Crippen LogP contribution in [0, 0.1) is 19.7 Å². The zero-order chi connectivity index (χ0) is 28.6. The zero-order valence-electron chi connectivity index (χ0n) is 22.4. The van der Waals surface area contributed by atoms with E-state index in [0.29, 0.717) is 22.3 Å². The van der Waals surface area contributed by atoms with Crippen LogP contribution in [0.15, 0.2) is 60.8 Å². The molecular weight excluding hydrogens is 514 g/mol. The molecule has 0 saturated heterocycles. The van der Waals surface area contributed by atoms with Crippen LogP contribution in [-0.2, 0) is 10.3 Å². The van der Waals surface area contributed by atoms with Gasteiger partial charge in [0.25, 0.3) is 0 Å². The van der Waals surface area contributed by atoms with Crippen molar-refractivity contribution in [2.75, 3.05) is 18.6 Å². The van der Waals surface area contributed by atoms with E-state index in [0.717, 1.165) is 23.3 Å². The Morgan fingerprint density at radius 2 is 1.69 bits per heavy atom. The molecule has 4 aromatic rings. The van der Waals surface area contributed by atoms with Gasteiger partial charge in [0, 0.05) is 16.6 Å². The second-order valence-corrected chi connectivity index (χ2v) is 10.5. The number of H-pyrrole nitrogens is 1. The summed E-state index contributed by atoms with van der Waals surface area (Å²) in [5.74, 6) is -0.594. The fraction of sp³-hybridized carbons (Fsp3) is 0.345. The molecule has 1 atom stereocenters. The van der Waals surface area contributed by atoms with Crippen molar-refractivity contribution in [1.82, 2.24) is 10.2 Å². The topological polar surface area (TPSA) is 70.6 Å². The molecule has 0 spiro atoms. The van der Waals surface area contributed by atoms with Crippen molar-refractivity contribution in [3.05, 3.63) is 83.3 Å². The van der Waals surface area contributed by atoms with Crippen LogP contribution in [0.1, 0.15) is 37.0 Å². The molecule has 0 bridgehead atoms. The molecule has 0 aliphatic rings. The number of benzene rings is 3. The summed E-state index contributed by atoms with van der Waals surface area (Å²) in [4.78, 5) is 11.3. The molecule has 1 aromatic heterocycles. The molecule has 2 N–H and O–H groups in total. The Labute approximate surface area is 224 Å². The van der Waals surface area contributed by atoms with Crippen molar-refractivity contribution in [3.63, 3.8) is 0 Å². The Bertz CT molecular complexity index is 1450. The van der Waals surface area contributed by atoms with E-state index in [1.807, 2.05) is 19.9 Å². The summed E-state index contributed by atoms with van der Waals surface area (Å²) < 4.78 is 58.8. The first-order valence-corrected chi connectivity index (χ1v) is 12.3. The Kier molecular flexibility index (Phi) is 7.64. The first-order valence-electron chi connectivity index (χ1n) is 12.3. The smallest absolute Gasteiger partial charge is 0.379 e. The average molecular weight is 546 g/mol. The lowest BCUT2D eigenvalue weighted by Crippen LogP contribution is -2.55. The number of aromatic amines is 1. The predicted molar refractivity (Wildman–Crippen MR) is 142 cm³/mol. The highest BCUT2D eigenvalue weighted by molar-refractivity contribution is 5.93. The van der Waals surface area contributed by atoms with Gasteiger partial charge in [-0.05, 0) is 79.3 Å². The molecule has 1 heterocycles. The molecule has 208 valence electrons. The van der Waals surface area contributed by atoms with Crippen LogP contribution in [0.3, 0.4) is 0 Å². The minimum atomic E-state index is -5.04. The molecule has 0 saturated carbocycles. The lowest BCUT2D eigenvalue weighted by atomic mass is 9.74. The number of halogens is 4.